The van der Waals surface area contributed by atoms with Crippen LogP contribution in [0.25, 0.3) is 0 Å². The van der Waals surface area contributed by atoms with Gasteiger partial charge in [-0.25, -0.2) is 17.5 Å². The van der Waals surface area contributed by atoms with Crippen molar-refractivity contribution in [1.82, 2.24) is 9.62 Å². The number of hydrogen-bond donors (Lipinski definition) is 2. The summed E-state index contributed by atoms with van der Waals surface area (Å²) >= 11 is 0. The van der Waals surface area contributed by atoms with Crippen molar-refractivity contribution in [1.29, 1.82) is 0 Å². The molecule has 2 fully saturated rings. The first-order valence-electron chi connectivity index (χ1n) is 12.2. The Labute approximate surface area is 206 Å². The Morgan fingerprint density at radius 2 is 1.71 bits per heavy atom. The minimum Gasteiger partial charge on any atom is -0.394 e. The molecule has 2 aliphatic heterocycles. The van der Waals surface area contributed by atoms with E-state index in [1.165, 1.54) is 17.7 Å². The molecule has 0 aliphatic carbocycles. The van der Waals surface area contributed by atoms with Crippen molar-refractivity contribution >= 4 is 15.9 Å². The average Bonchev–Trinajstić information content (AvgIpc) is 2.86. The van der Waals surface area contributed by atoms with E-state index in [1.807, 2.05) is 11.0 Å². The molecule has 0 aromatic heterocycles. The average molecular weight is 505 g/mol. The highest BCUT2D eigenvalue weighted by molar-refractivity contribution is 7.89. The van der Waals surface area contributed by atoms with Gasteiger partial charge in [-0.05, 0) is 67.9 Å². The number of benzene rings is 2. The number of rotatable bonds is 8. The zero-order valence-corrected chi connectivity index (χ0v) is 20.5. The number of piperidine rings is 1. The fraction of sp³-hybridized carbons (Fsp3) is 0.500. The van der Waals surface area contributed by atoms with Gasteiger partial charge in [0.05, 0.1) is 36.2 Å². The molecule has 9 heteroatoms. The Hall–Kier alpha value is -2.33. The first-order valence-corrected chi connectivity index (χ1v) is 13.7. The van der Waals surface area contributed by atoms with Crippen molar-refractivity contribution in [3.63, 3.8) is 0 Å². The Bertz CT molecular complexity index is 1070. The number of carbonyl (C=O) groups is 1. The Kier molecular flexibility index (Phi) is 8.54. The molecule has 2 aromatic rings. The van der Waals surface area contributed by atoms with Crippen molar-refractivity contribution < 1.29 is 27.4 Å². The zero-order chi connectivity index (χ0) is 24.8. The van der Waals surface area contributed by atoms with Crippen LogP contribution in [0.1, 0.15) is 37.7 Å². The molecule has 2 aromatic carbocycles. The first kappa shape index (κ1) is 25.8. The molecule has 0 radical (unpaired) electrons. The third kappa shape index (κ3) is 6.88. The summed E-state index contributed by atoms with van der Waals surface area (Å²) in [6.45, 7) is 1.09. The summed E-state index contributed by atoms with van der Waals surface area (Å²) in [6.07, 6.45) is 3.00. The molecule has 2 saturated heterocycles. The van der Waals surface area contributed by atoms with Crippen LogP contribution in [0.2, 0.25) is 0 Å². The van der Waals surface area contributed by atoms with E-state index in [9.17, 15) is 22.7 Å². The highest BCUT2D eigenvalue weighted by Gasteiger charge is 2.35. The predicted octanol–water partition coefficient (Wildman–Crippen LogP) is 2.88. The van der Waals surface area contributed by atoms with Gasteiger partial charge in [-0.2, -0.15) is 0 Å². The van der Waals surface area contributed by atoms with Crippen molar-refractivity contribution in [3.05, 3.63) is 66.0 Å². The lowest BCUT2D eigenvalue weighted by molar-refractivity contribution is -0.141. The van der Waals surface area contributed by atoms with Crippen LogP contribution in [0.15, 0.2) is 59.5 Å². The number of halogens is 1. The number of carbonyl (C=O) groups excluding carboxylic acids is 1. The number of nitrogens with zero attached hydrogens (tertiary/aromatic N) is 1. The van der Waals surface area contributed by atoms with E-state index in [1.54, 1.807) is 0 Å². The van der Waals surface area contributed by atoms with E-state index in [4.69, 9.17) is 4.74 Å². The molecule has 0 bridgehead atoms. The highest BCUT2D eigenvalue weighted by Crippen LogP contribution is 2.26. The molecular formula is C26H33FN2O5S. The second kappa shape index (κ2) is 11.6. The van der Waals surface area contributed by atoms with E-state index < -0.39 is 28.0 Å². The number of aliphatic hydroxyl groups excluding tert-OH is 1. The van der Waals surface area contributed by atoms with Crippen molar-refractivity contribution in [2.24, 2.45) is 5.92 Å². The third-order valence-electron chi connectivity index (χ3n) is 6.96. The monoisotopic (exact) mass is 504 g/mol. The van der Waals surface area contributed by atoms with E-state index >= 15 is 0 Å². The smallest absolute Gasteiger partial charge is 0.240 e. The molecule has 2 aliphatic rings. The van der Waals surface area contributed by atoms with Crippen LogP contribution in [0, 0.1) is 11.7 Å². The normalized spacial score (nSPS) is 23.8. The van der Waals surface area contributed by atoms with E-state index in [-0.39, 0.29) is 29.9 Å². The van der Waals surface area contributed by atoms with Gasteiger partial charge in [-0.1, -0.05) is 30.3 Å². The maximum Gasteiger partial charge on any atom is 0.240 e. The fourth-order valence-corrected chi connectivity index (χ4v) is 6.25. The van der Waals surface area contributed by atoms with Gasteiger partial charge < -0.3 is 14.7 Å². The standard InChI is InChI=1S/C26H33FN2O5S/c27-21-6-9-23(10-7-21)35(32,33)28-24-11-8-22(34-25(24)18-30)17-26(31)29-14-12-20(13-15-29)16-19-4-2-1-3-5-19/h1-7,9-10,20,22,24-25,28,30H,8,11-18H2/t22-,24-,25+/m0/s1. The lowest BCUT2D eigenvalue weighted by Gasteiger charge is -2.37. The van der Waals surface area contributed by atoms with Crippen LogP contribution in [-0.2, 0) is 26.0 Å². The second-order valence-corrected chi connectivity index (χ2v) is 11.2. The zero-order valence-electron chi connectivity index (χ0n) is 19.7. The Balaban J connectivity index is 1.25. The molecule has 4 rings (SSSR count). The maximum atomic E-state index is 13.1. The lowest BCUT2D eigenvalue weighted by Crippen LogP contribution is -2.51. The van der Waals surface area contributed by atoms with Crippen LogP contribution in [-0.4, -0.2) is 62.3 Å². The van der Waals surface area contributed by atoms with Crippen LogP contribution < -0.4 is 4.72 Å². The predicted molar refractivity (Wildman–Crippen MR) is 130 cm³/mol. The number of likely N-dealkylation sites (tertiary alicyclic amines) is 1. The number of sulfonamides is 1. The lowest BCUT2D eigenvalue weighted by atomic mass is 9.90. The van der Waals surface area contributed by atoms with Crippen LogP contribution in [0.5, 0.6) is 0 Å². The van der Waals surface area contributed by atoms with Gasteiger partial charge in [0, 0.05) is 13.1 Å². The van der Waals surface area contributed by atoms with Gasteiger partial charge >= 0.3 is 0 Å². The molecule has 2 N–H and O–H groups in total. The van der Waals surface area contributed by atoms with E-state index in [0.29, 0.717) is 18.8 Å². The third-order valence-corrected chi connectivity index (χ3v) is 8.47. The van der Waals surface area contributed by atoms with Gasteiger partial charge in [0.2, 0.25) is 15.9 Å². The van der Waals surface area contributed by atoms with Gasteiger partial charge in [0.15, 0.2) is 0 Å². The SMILES string of the molecule is O=C(C[C@@H]1CC[C@H](NS(=O)(=O)c2ccc(F)cc2)[C@@H](CO)O1)N1CCC(Cc2ccccc2)CC1. The number of amides is 1. The first-order chi connectivity index (χ1) is 16.8. The minimum atomic E-state index is -3.89. The summed E-state index contributed by atoms with van der Waals surface area (Å²) < 4.78 is 46.9. The highest BCUT2D eigenvalue weighted by atomic mass is 32.2. The van der Waals surface area contributed by atoms with Gasteiger partial charge in [0.1, 0.15) is 5.82 Å². The van der Waals surface area contributed by atoms with Gasteiger partial charge in [-0.15, -0.1) is 0 Å². The topological polar surface area (TPSA) is 95.9 Å². The van der Waals surface area contributed by atoms with Gasteiger partial charge in [0.25, 0.3) is 0 Å². The molecule has 190 valence electrons. The molecule has 7 nitrogen and oxygen atoms in total. The second-order valence-electron chi connectivity index (χ2n) is 9.46. The quantitative estimate of drug-likeness (QED) is 0.577. The summed E-state index contributed by atoms with van der Waals surface area (Å²) in [7, 11) is -3.89. The maximum absolute atomic E-state index is 13.1. The van der Waals surface area contributed by atoms with Gasteiger partial charge in [-0.3, -0.25) is 4.79 Å². The van der Waals surface area contributed by atoms with Crippen molar-refractivity contribution in [2.45, 2.75) is 61.7 Å². The van der Waals surface area contributed by atoms with Crippen molar-refractivity contribution in [3.8, 4) is 0 Å². The summed E-state index contributed by atoms with van der Waals surface area (Å²) in [5, 5.41) is 9.81. The summed E-state index contributed by atoms with van der Waals surface area (Å²) in [4.78, 5) is 14.7. The molecule has 0 spiro atoms. The number of nitrogens with one attached hydrogen (secondary N) is 1. The number of aliphatic hydroxyl groups is 1. The molecule has 3 atom stereocenters. The Morgan fingerprint density at radius 1 is 1.03 bits per heavy atom. The molecular weight excluding hydrogens is 471 g/mol. The fourth-order valence-electron chi connectivity index (χ4n) is 4.96. The summed E-state index contributed by atoms with van der Waals surface area (Å²) in [5.74, 6) is 0.0855. The molecule has 0 unspecified atom stereocenters. The number of hydrogen-bond acceptors (Lipinski definition) is 5. The molecule has 2 heterocycles. The molecule has 0 saturated carbocycles. The van der Waals surface area contributed by atoms with Crippen LogP contribution in [0.3, 0.4) is 0 Å². The van der Waals surface area contributed by atoms with Crippen LogP contribution >= 0.6 is 0 Å². The summed E-state index contributed by atoms with van der Waals surface area (Å²) in [5.41, 5.74) is 1.33. The number of ether oxygens (including phenoxy) is 1. The molecule has 35 heavy (non-hydrogen) atoms. The molecule has 1 amide bonds. The summed E-state index contributed by atoms with van der Waals surface area (Å²) in [6, 6.07) is 14.3. The Morgan fingerprint density at radius 3 is 2.37 bits per heavy atom. The van der Waals surface area contributed by atoms with Crippen LogP contribution in [0.4, 0.5) is 4.39 Å². The van der Waals surface area contributed by atoms with E-state index in [0.717, 1.165) is 44.5 Å². The van der Waals surface area contributed by atoms with E-state index in [2.05, 4.69) is 29.0 Å². The minimum absolute atomic E-state index is 0.0372. The van der Waals surface area contributed by atoms with Crippen molar-refractivity contribution in [2.75, 3.05) is 19.7 Å². The largest absolute Gasteiger partial charge is 0.394 e.